The Morgan fingerprint density at radius 3 is 1.92 bits per heavy atom. The number of carbonyl (C=O) groups excluding carboxylic acids is 3. The van der Waals surface area contributed by atoms with Crippen LogP contribution in [0.4, 0.5) is 0 Å². The molecule has 10 heteroatoms. The van der Waals surface area contributed by atoms with Gasteiger partial charge in [-0.1, -0.05) is 36.0 Å². The van der Waals surface area contributed by atoms with Gasteiger partial charge in [-0.3, -0.25) is 9.69 Å². The summed E-state index contributed by atoms with van der Waals surface area (Å²) in [5, 5.41) is -0.210. The predicted octanol–water partition coefficient (Wildman–Crippen LogP) is 3.50. The lowest BCUT2D eigenvalue weighted by Crippen LogP contribution is -2.40. The van der Waals surface area contributed by atoms with E-state index in [2.05, 4.69) is 0 Å². The maximum absolute atomic E-state index is 13.7. The number of hydrogen-bond acceptors (Lipinski definition) is 9. The Morgan fingerprint density at radius 2 is 1.39 bits per heavy atom. The topological polar surface area (TPSA) is 117 Å². The van der Waals surface area contributed by atoms with Crippen molar-refractivity contribution in [3.05, 3.63) is 81.7 Å². The summed E-state index contributed by atoms with van der Waals surface area (Å²) in [5.41, 5.74) is 8.25. The number of rotatable bonds is 9. The highest BCUT2D eigenvalue weighted by Gasteiger charge is 2.50. The number of methoxy groups -OCH3 is 2. The van der Waals surface area contributed by atoms with Gasteiger partial charge in [-0.05, 0) is 55.7 Å². The molecule has 2 aliphatic rings. The first-order chi connectivity index (χ1) is 18.3. The van der Waals surface area contributed by atoms with E-state index in [1.807, 2.05) is 24.3 Å². The molecule has 200 valence electrons. The maximum Gasteiger partial charge on any atom is 0.338 e. The molecule has 2 unspecified atom stereocenters. The van der Waals surface area contributed by atoms with Crippen molar-refractivity contribution >= 4 is 29.6 Å². The quantitative estimate of drug-likeness (QED) is 0.479. The van der Waals surface area contributed by atoms with Crippen molar-refractivity contribution in [3.63, 3.8) is 0 Å². The second-order valence-electron chi connectivity index (χ2n) is 8.50. The molecule has 0 radical (unpaired) electrons. The Morgan fingerprint density at radius 1 is 0.868 bits per heavy atom. The van der Waals surface area contributed by atoms with Crippen LogP contribution in [0.3, 0.4) is 0 Å². The summed E-state index contributed by atoms with van der Waals surface area (Å²) < 4.78 is 21.3. The first-order valence-corrected chi connectivity index (χ1v) is 13.1. The van der Waals surface area contributed by atoms with Crippen molar-refractivity contribution < 1.29 is 33.3 Å². The second kappa shape index (κ2) is 11.6. The largest absolute Gasteiger partial charge is 0.497 e. The van der Waals surface area contributed by atoms with Gasteiger partial charge in [-0.25, -0.2) is 9.59 Å². The van der Waals surface area contributed by atoms with E-state index in [-0.39, 0.29) is 36.1 Å². The molecule has 2 N–H and O–H groups in total. The zero-order chi connectivity index (χ0) is 27.4. The molecule has 2 aromatic carbocycles. The molecule has 2 atom stereocenters. The van der Waals surface area contributed by atoms with E-state index in [1.165, 1.54) is 16.7 Å². The number of hydrogen-bond donors (Lipinski definition) is 1. The van der Waals surface area contributed by atoms with Crippen LogP contribution in [0.1, 0.15) is 30.9 Å². The van der Waals surface area contributed by atoms with Gasteiger partial charge in [0.1, 0.15) is 17.3 Å². The Bertz CT molecular complexity index is 1290. The minimum absolute atomic E-state index is 0.0165. The van der Waals surface area contributed by atoms with Crippen molar-refractivity contribution in [2.24, 2.45) is 5.73 Å². The molecular weight excluding hydrogens is 508 g/mol. The van der Waals surface area contributed by atoms with Crippen molar-refractivity contribution in [1.29, 1.82) is 0 Å². The molecule has 38 heavy (non-hydrogen) atoms. The van der Waals surface area contributed by atoms with E-state index >= 15 is 0 Å². The minimum Gasteiger partial charge on any atom is -0.497 e. The summed E-state index contributed by atoms with van der Waals surface area (Å²) in [7, 11) is 3.13. The van der Waals surface area contributed by atoms with Gasteiger partial charge in [0.2, 0.25) is 5.91 Å². The molecule has 2 aromatic rings. The van der Waals surface area contributed by atoms with E-state index in [4.69, 9.17) is 24.7 Å². The van der Waals surface area contributed by atoms with Crippen molar-refractivity contribution in [2.45, 2.75) is 31.4 Å². The third kappa shape index (κ3) is 5.08. The molecule has 0 saturated carbocycles. The Hall–Kier alpha value is -3.92. The molecule has 2 heterocycles. The number of amides is 1. The Kier molecular flexibility index (Phi) is 8.31. The van der Waals surface area contributed by atoms with Crippen LogP contribution in [0.5, 0.6) is 11.5 Å². The van der Waals surface area contributed by atoms with E-state index in [0.717, 1.165) is 5.56 Å². The van der Waals surface area contributed by atoms with Crippen LogP contribution in [-0.4, -0.2) is 55.4 Å². The summed E-state index contributed by atoms with van der Waals surface area (Å²) in [5.74, 6) is -1.30. The average Bonchev–Trinajstić information content (AvgIpc) is 3.24. The van der Waals surface area contributed by atoms with Gasteiger partial charge in [0.05, 0.1) is 54.8 Å². The van der Waals surface area contributed by atoms with Crippen LogP contribution in [0, 0.1) is 0 Å². The molecule has 0 aromatic heterocycles. The standard InChI is InChI=1S/C28H30N2O7S/c1-5-36-27(32)22-21(17-9-13-19(35-4)14-10-17)23(28(33)37-6-2)26-30(24(22)29)25(31)20(38-26)15-16-7-11-18(34-3)12-8-16/h7-14,20-21H,5-6,15,29H2,1-4H3. The molecule has 0 bridgehead atoms. The van der Waals surface area contributed by atoms with E-state index in [1.54, 1.807) is 52.3 Å². The molecule has 2 aliphatic heterocycles. The third-order valence-corrected chi connectivity index (χ3v) is 7.58. The third-order valence-electron chi connectivity index (χ3n) is 6.30. The normalized spacial score (nSPS) is 18.8. The summed E-state index contributed by atoms with van der Waals surface area (Å²) in [6.07, 6.45) is 0.388. The van der Waals surface area contributed by atoms with E-state index in [0.29, 0.717) is 28.5 Å². The van der Waals surface area contributed by atoms with Crippen molar-refractivity contribution in [3.8, 4) is 11.5 Å². The van der Waals surface area contributed by atoms with Gasteiger partial charge in [0.15, 0.2) is 0 Å². The van der Waals surface area contributed by atoms with Gasteiger partial charge in [0.25, 0.3) is 0 Å². The van der Waals surface area contributed by atoms with E-state index in [9.17, 15) is 14.4 Å². The zero-order valence-electron chi connectivity index (χ0n) is 21.7. The fraction of sp³-hybridized carbons (Fsp3) is 0.321. The molecule has 1 fully saturated rings. The number of thioether (sulfide) groups is 1. The molecule has 0 spiro atoms. The van der Waals surface area contributed by atoms with Gasteiger partial charge in [0, 0.05) is 0 Å². The van der Waals surface area contributed by atoms with Crippen molar-refractivity contribution in [1.82, 2.24) is 4.90 Å². The fourth-order valence-electron chi connectivity index (χ4n) is 4.51. The Balaban J connectivity index is 1.85. The van der Waals surface area contributed by atoms with Gasteiger partial charge in [-0.15, -0.1) is 0 Å². The van der Waals surface area contributed by atoms with E-state index < -0.39 is 23.1 Å². The van der Waals surface area contributed by atoms with Crippen molar-refractivity contribution in [2.75, 3.05) is 27.4 Å². The lowest BCUT2D eigenvalue weighted by Gasteiger charge is -2.33. The first-order valence-electron chi connectivity index (χ1n) is 12.2. The van der Waals surface area contributed by atoms with Crippen LogP contribution in [0.15, 0.2) is 70.5 Å². The summed E-state index contributed by atoms with van der Waals surface area (Å²) >= 11 is 1.24. The highest BCUT2D eigenvalue weighted by atomic mass is 32.2. The molecule has 1 amide bonds. The minimum atomic E-state index is -0.898. The zero-order valence-corrected chi connectivity index (χ0v) is 22.5. The molecular formula is C28H30N2O7S. The number of fused-ring (bicyclic) bond motifs is 1. The van der Waals surface area contributed by atoms with Crippen LogP contribution < -0.4 is 15.2 Å². The number of ether oxygens (including phenoxy) is 4. The number of benzene rings is 2. The highest BCUT2D eigenvalue weighted by Crippen LogP contribution is 2.50. The summed E-state index contributed by atoms with van der Waals surface area (Å²) in [6.45, 7) is 3.59. The molecule has 1 saturated heterocycles. The summed E-state index contributed by atoms with van der Waals surface area (Å²) in [6, 6.07) is 14.4. The lowest BCUT2D eigenvalue weighted by atomic mass is 9.82. The van der Waals surface area contributed by atoms with Gasteiger partial charge >= 0.3 is 11.9 Å². The smallest absolute Gasteiger partial charge is 0.338 e. The van der Waals surface area contributed by atoms with Crippen LogP contribution in [-0.2, 0) is 30.3 Å². The monoisotopic (exact) mass is 538 g/mol. The predicted molar refractivity (Wildman–Crippen MR) is 142 cm³/mol. The van der Waals surface area contributed by atoms with Gasteiger partial charge in [-0.2, -0.15) is 0 Å². The molecule has 4 rings (SSSR count). The van der Waals surface area contributed by atoms with Crippen LogP contribution >= 0.6 is 11.8 Å². The number of nitrogens with zero attached hydrogens (tertiary/aromatic N) is 1. The highest BCUT2D eigenvalue weighted by molar-refractivity contribution is 8.04. The molecule has 0 aliphatic carbocycles. The summed E-state index contributed by atoms with van der Waals surface area (Å²) in [4.78, 5) is 41.6. The van der Waals surface area contributed by atoms with Gasteiger partial charge < -0.3 is 24.7 Å². The number of carbonyl (C=O) groups is 3. The van der Waals surface area contributed by atoms with Crippen LogP contribution in [0.25, 0.3) is 0 Å². The Labute approximate surface area is 225 Å². The molecule has 9 nitrogen and oxygen atoms in total. The fourth-order valence-corrected chi connectivity index (χ4v) is 5.88. The van der Waals surface area contributed by atoms with Crippen LogP contribution in [0.2, 0.25) is 0 Å². The number of esters is 2. The lowest BCUT2D eigenvalue weighted by molar-refractivity contribution is -0.139. The second-order valence-corrected chi connectivity index (χ2v) is 9.69. The first kappa shape index (κ1) is 27.1. The maximum atomic E-state index is 13.7. The average molecular weight is 539 g/mol. The SMILES string of the molecule is CCOC(=O)C1=C(N)N2C(=O)C(Cc3ccc(OC)cc3)SC2=C(C(=O)OCC)C1c1ccc(OC)cc1. The number of nitrogens with two attached hydrogens (primary N) is 1.